The molecule has 4 rings (SSSR count). The second-order valence-corrected chi connectivity index (χ2v) is 6.75. The van der Waals surface area contributed by atoms with Crippen LogP contribution >= 0.6 is 0 Å². The number of hydrogen-bond acceptors (Lipinski definition) is 3. The number of pyridine rings is 1. The van der Waals surface area contributed by atoms with E-state index in [9.17, 15) is 4.79 Å². The van der Waals surface area contributed by atoms with Gasteiger partial charge in [0.15, 0.2) is 0 Å². The molecule has 0 saturated heterocycles. The Morgan fingerprint density at radius 2 is 1.81 bits per heavy atom. The molecule has 26 heavy (non-hydrogen) atoms. The summed E-state index contributed by atoms with van der Waals surface area (Å²) in [6.45, 7) is 0. The largest absolute Gasteiger partial charge is 0.349 e. The predicted octanol–water partition coefficient (Wildman–Crippen LogP) is 4.00. The lowest BCUT2D eigenvalue weighted by Gasteiger charge is -2.22. The third-order valence-electron chi connectivity index (χ3n) is 4.87. The molecular formula is C21H22N4O. The molecule has 1 amide bonds. The van der Waals surface area contributed by atoms with Crippen LogP contribution < -0.4 is 5.32 Å². The fraction of sp³-hybridized carbons (Fsp3) is 0.286. The minimum Gasteiger partial charge on any atom is -0.349 e. The van der Waals surface area contributed by atoms with Crippen LogP contribution in [0.2, 0.25) is 0 Å². The molecule has 1 aromatic carbocycles. The van der Waals surface area contributed by atoms with Gasteiger partial charge in [-0.15, -0.1) is 0 Å². The van der Waals surface area contributed by atoms with E-state index in [0.717, 1.165) is 29.8 Å². The maximum absolute atomic E-state index is 12.4. The number of amides is 1. The lowest BCUT2D eigenvalue weighted by atomic mass is 9.95. The van der Waals surface area contributed by atoms with Gasteiger partial charge in [-0.3, -0.25) is 9.78 Å². The van der Waals surface area contributed by atoms with Gasteiger partial charge in [0.05, 0.1) is 23.1 Å². The summed E-state index contributed by atoms with van der Waals surface area (Å²) in [6.07, 6.45) is 11.2. The number of carbonyl (C=O) groups excluding carboxylic acids is 1. The highest BCUT2D eigenvalue weighted by Gasteiger charge is 2.17. The molecule has 0 aliphatic heterocycles. The van der Waals surface area contributed by atoms with Gasteiger partial charge in [0, 0.05) is 24.0 Å². The van der Waals surface area contributed by atoms with Crippen LogP contribution in [0.1, 0.15) is 42.5 Å². The third kappa shape index (κ3) is 3.67. The van der Waals surface area contributed by atoms with E-state index in [-0.39, 0.29) is 5.91 Å². The van der Waals surface area contributed by atoms with Gasteiger partial charge >= 0.3 is 0 Å². The van der Waals surface area contributed by atoms with E-state index >= 15 is 0 Å². The van der Waals surface area contributed by atoms with Crippen LogP contribution in [0.4, 0.5) is 0 Å². The van der Waals surface area contributed by atoms with E-state index in [1.807, 2.05) is 53.3 Å². The van der Waals surface area contributed by atoms with Crippen molar-refractivity contribution >= 4 is 5.91 Å². The lowest BCUT2D eigenvalue weighted by Crippen LogP contribution is -2.36. The van der Waals surface area contributed by atoms with Gasteiger partial charge in [0.2, 0.25) is 0 Å². The quantitative estimate of drug-likeness (QED) is 0.777. The molecule has 0 unspecified atom stereocenters. The Morgan fingerprint density at radius 3 is 2.54 bits per heavy atom. The number of benzene rings is 1. The molecule has 1 saturated carbocycles. The van der Waals surface area contributed by atoms with Crippen LogP contribution in [-0.2, 0) is 0 Å². The van der Waals surface area contributed by atoms with Crippen molar-refractivity contribution in [2.24, 2.45) is 0 Å². The number of hydrogen-bond donors (Lipinski definition) is 1. The molecule has 0 atom stereocenters. The summed E-state index contributed by atoms with van der Waals surface area (Å²) in [5.41, 5.74) is 3.34. The van der Waals surface area contributed by atoms with E-state index in [2.05, 4.69) is 15.4 Å². The van der Waals surface area contributed by atoms with Crippen LogP contribution in [0, 0.1) is 0 Å². The molecular weight excluding hydrogens is 324 g/mol. The average Bonchev–Trinajstić information content (AvgIpc) is 3.20. The summed E-state index contributed by atoms with van der Waals surface area (Å²) in [4.78, 5) is 16.8. The van der Waals surface area contributed by atoms with Gasteiger partial charge in [-0.25, -0.2) is 4.68 Å². The van der Waals surface area contributed by atoms with Crippen LogP contribution in [0.3, 0.4) is 0 Å². The molecule has 0 spiro atoms. The highest BCUT2D eigenvalue weighted by molar-refractivity contribution is 5.94. The molecule has 132 valence electrons. The Labute approximate surface area is 153 Å². The highest BCUT2D eigenvalue weighted by Crippen LogP contribution is 2.20. The molecule has 5 nitrogen and oxygen atoms in total. The number of para-hydroxylation sites is 1. The Morgan fingerprint density at radius 1 is 1.00 bits per heavy atom. The van der Waals surface area contributed by atoms with Gasteiger partial charge in [0.1, 0.15) is 0 Å². The topological polar surface area (TPSA) is 59.8 Å². The van der Waals surface area contributed by atoms with E-state index in [0.29, 0.717) is 11.6 Å². The molecule has 1 aliphatic carbocycles. The molecule has 5 heteroatoms. The van der Waals surface area contributed by atoms with E-state index in [4.69, 9.17) is 0 Å². The van der Waals surface area contributed by atoms with Crippen LogP contribution in [0.15, 0.2) is 61.1 Å². The maximum atomic E-state index is 12.4. The highest BCUT2D eigenvalue weighted by atomic mass is 16.1. The molecule has 0 bridgehead atoms. The van der Waals surface area contributed by atoms with Crippen molar-refractivity contribution in [3.63, 3.8) is 0 Å². The monoisotopic (exact) mass is 346 g/mol. The normalized spacial score (nSPS) is 14.9. The van der Waals surface area contributed by atoms with Crippen molar-refractivity contribution in [3.8, 4) is 16.9 Å². The maximum Gasteiger partial charge on any atom is 0.253 e. The van der Waals surface area contributed by atoms with Gasteiger partial charge in [0.25, 0.3) is 5.91 Å². The predicted molar refractivity (Wildman–Crippen MR) is 101 cm³/mol. The summed E-state index contributed by atoms with van der Waals surface area (Å²) in [6, 6.07) is 14.0. The second-order valence-electron chi connectivity index (χ2n) is 6.75. The average molecular weight is 346 g/mol. The van der Waals surface area contributed by atoms with E-state index in [1.165, 1.54) is 19.3 Å². The zero-order chi connectivity index (χ0) is 17.8. The number of carbonyl (C=O) groups is 1. The lowest BCUT2D eigenvalue weighted by molar-refractivity contribution is 0.0927. The van der Waals surface area contributed by atoms with E-state index in [1.54, 1.807) is 12.4 Å². The Hall–Kier alpha value is -2.95. The zero-order valence-electron chi connectivity index (χ0n) is 14.6. The summed E-state index contributed by atoms with van der Waals surface area (Å²) in [7, 11) is 0. The van der Waals surface area contributed by atoms with E-state index < -0.39 is 0 Å². The molecule has 2 heterocycles. The smallest absolute Gasteiger partial charge is 0.253 e. The molecule has 1 aliphatic rings. The Bertz CT molecular complexity index is 865. The first-order valence-electron chi connectivity index (χ1n) is 9.17. The van der Waals surface area contributed by atoms with Crippen molar-refractivity contribution in [2.75, 3.05) is 0 Å². The van der Waals surface area contributed by atoms with Crippen molar-refractivity contribution in [2.45, 2.75) is 38.1 Å². The van der Waals surface area contributed by atoms with Crippen LogP contribution in [0.25, 0.3) is 16.9 Å². The fourth-order valence-corrected chi connectivity index (χ4v) is 3.39. The van der Waals surface area contributed by atoms with Gasteiger partial charge in [-0.2, -0.15) is 5.10 Å². The van der Waals surface area contributed by atoms with Gasteiger partial charge in [-0.1, -0.05) is 37.5 Å². The molecule has 0 radical (unpaired) electrons. The Kier molecular flexibility index (Phi) is 4.78. The number of rotatable bonds is 4. The summed E-state index contributed by atoms with van der Waals surface area (Å²) in [5, 5.41) is 7.52. The first-order valence-corrected chi connectivity index (χ1v) is 9.17. The first kappa shape index (κ1) is 16.5. The molecule has 1 fully saturated rings. The standard InChI is InChI=1S/C21H22N4O/c26-21(24-18-7-3-1-4-8-18)16-11-12-20(22-13-16)17-14-23-25(15-17)19-9-5-2-6-10-19/h2,5-6,9-15,18H,1,3-4,7-8H2,(H,24,26). The minimum absolute atomic E-state index is 0.0315. The third-order valence-corrected chi connectivity index (χ3v) is 4.87. The number of nitrogens with zero attached hydrogens (tertiary/aromatic N) is 3. The van der Waals surface area contributed by atoms with Crippen molar-refractivity contribution in [3.05, 3.63) is 66.6 Å². The Balaban J connectivity index is 1.46. The van der Waals surface area contributed by atoms with Crippen molar-refractivity contribution in [1.29, 1.82) is 0 Å². The number of nitrogens with one attached hydrogen (secondary N) is 1. The zero-order valence-corrected chi connectivity index (χ0v) is 14.6. The van der Waals surface area contributed by atoms with Crippen LogP contribution in [0.5, 0.6) is 0 Å². The fourth-order valence-electron chi connectivity index (χ4n) is 3.39. The molecule has 2 aromatic heterocycles. The van der Waals surface area contributed by atoms with Crippen molar-refractivity contribution < 1.29 is 4.79 Å². The first-order chi connectivity index (χ1) is 12.8. The van der Waals surface area contributed by atoms with Gasteiger partial charge < -0.3 is 5.32 Å². The summed E-state index contributed by atoms with van der Waals surface area (Å²) in [5.74, 6) is -0.0315. The molecule has 3 aromatic rings. The number of aromatic nitrogens is 3. The minimum atomic E-state index is -0.0315. The molecule has 1 N–H and O–H groups in total. The summed E-state index contributed by atoms with van der Waals surface area (Å²) < 4.78 is 1.82. The van der Waals surface area contributed by atoms with Crippen molar-refractivity contribution in [1.82, 2.24) is 20.1 Å². The van der Waals surface area contributed by atoms with Crippen LogP contribution in [-0.4, -0.2) is 26.7 Å². The SMILES string of the molecule is O=C(NC1CCCCC1)c1ccc(-c2cnn(-c3ccccc3)c2)nc1. The van der Waals surface area contributed by atoms with Gasteiger partial charge in [-0.05, 0) is 37.1 Å². The second kappa shape index (κ2) is 7.52. The summed E-state index contributed by atoms with van der Waals surface area (Å²) >= 11 is 0.